The van der Waals surface area contributed by atoms with E-state index in [1.807, 2.05) is 60.9 Å². The van der Waals surface area contributed by atoms with Crippen LogP contribution in [0.3, 0.4) is 0 Å². The van der Waals surface area contributed by atoms with Crippen LogP contribution in [0.2, 0.25) is 0 Å². The average molecular weight is 594 g/mol. The second-order valence-corrected chi connectivity index (χ2v) is 11.5. The van der Waals surface area contributed by atoms with Crippen LogP contribution in [-0.2, 0) is 11.3 Å². The number of phenolic OH excluding ortho intramolecular Hbond substituents is 1. The highest BCUT2D eigenvalue weighted by Gasteiger charge is 2.42. The molecule has 12 heteroatoms. The van der Waals surface area contributed by atoms with E-state index in [-0.39, 0.29) is 30.5 Å². The molecule has 1 amide bonds. The first-order chi connectivity index (χ1) is 21.5. The molecule has 3 fully saturated rings. The van der Waals surface area contributed by atoms with E-state index in [1.54, 1.807) is 17.0 Å². The number of rotatable bonds is 6. The highest BCUT2D eigenvalue weighted by Crippen LogP contribution is 2.38. The summed E-state index contributed by atoms with van der Waals surface area (Å²) in [6, 6.07) is 19.2. The fourth-order valence-corrected chi connectivity index (χ4v) is 6.46. The van der Waals surface area contributed by atoms with Crippen molar-refractivity contribution in [3.63, 3.8) is 0 Å². The number of carbonyl (C=O) groups is 1. The molecule has 0 spiro atoms. The molecular formula is C32H35N9O3. The summed E-state index contributed by atoms with van der Waals surface area (Å²) in [5, 5.41) is 18.8. The summed E-state index contributed by atoms with van der Waals surface area (Å²) in [5.41, 5.74) is 10.3. The molecule has 5 heterocycles. The van der Waals surface area contributed by atoms with Crippen LogP contribution in [0, 0.1) is 0 Å². The van der Waals surface area contributed by atoms with Gasteiger partial charge in [-0.05, 0) is 36.6 Å². The van der Waals surface area contributed by atoms with Gasteiger partial charge in [-0.1, -0.05) is 42.5 Å². The molecule has 2 bridgehead atoms. The van der Waals surface area contributed by atoms with Gasteiger partial charge in [0.2, 0.25) is 5.95 Å². The number of ether oxygens (including phenoxy) is 1. The Kier molecular flexibility index (Phi) is 7.47. The van der Waals surface area contributed by atoms with Gasteiger partial charge in [-0.25, -0.2) is 14.8 Å². The van der Waals surface area contributed by atoms with E-state index in [9.17, 15) is 9.90 Å². The minimum absolute atomic E-state index is 0.159. The van der Waals surface area contributed by atoms with Crippen molar-refractivity contribution < 1.29 is 14.6 Å². The SMILES string of the molecule is Nc1nnc(-c2ccccc2O)cc1N1C[C@H]2CC[C@@H](C1)N2c1ncc(N2CCN(C(=O)OCc3ccccc3)CC2)cn1. The summed E-state index contributed by atoms with van der Waals surface area (Å²) in [7, 11) is 0. The highest BCUT2D eigenvalue weighted by molar-refractivity contribution is 5.74. The van der Waals surface area contributed by atoms with Gasteiger partial charge in [0, 0.05) is 56.9 Å². The van der Waals surface area contributed by atoms with Crippen LogP contribution in [0.15, 0.2) is 73.1 Å². The maximum atomic E-state index is 12.6. The minimum Gasteiger partial charge on any atom is -0.507 e. The van der Waals surface area contributed by atoms with E-state index >= 15 is 0 Å². The Hall–Kier alpha value is -5.13. The van der Waals surface area contributed by atoms with E-state index in [4.69, 9.17) is 20.4 Å². The third-order valence-electron chi connectivity index (χ3n) is 8.77. The Morgan fingerprint density at radius 2 is 1.57 bits per heavy atom. The van der Waals surface area contributed by atoms with E-state index in [0.717, 1.165) is 48.8 Å². The molecule has 3 aliphatic rings. The lowest BCUT2D eigenvalue weighted by atomic mass is 10.1. The minimum atomic E-state index is -0.284. The summed E-state index contributed by atoms with van der Waals surface area (Å²) in [5.74, 6) is 1.27. The molecular weight excluding hydrogens is 558 g/mol. The standard InChI is InChI=1S/C32H35N9O3/c33-30-28(16-27(36-37-30)26-8-4-5-9-29(26)42)40-19-23-10-11-24(20-40)41(23)31-34-17-25(18-35-31)38-12-14-39(15-13-38)32(43)44-21-22-6-2-1-3-7-22/h1-9,16-18,23-24,42H,10-15,19-21H2,(H2,33,37)/t23-,24+. The van der Waals surface area contributed by atoms with Gasteiger partial charge in [0.25, 0.3) is 0 Å². The molecule has 3 N–H and O–H groups in total. The van der Waals surface area contributed by atoms with E-state index in [2.05, 4.69) is 24.9 Å². The molecule has 2 aromatic carbocycles. The van der Waals surface area contributed by atoms with Crippen LogP contribution in [0.25, 0.3) is 11.3 Å². The predicted molar refractivity (Wildman–Crippen MR) is 167 cm³/mol. The quantitative estimate of drug-likeness (QED) is 0.340. The van der Waals surface area contributed by atoms with Crippen LogP contribution in [0.1, 0.15) is 18.4 Å². The number of nitrogens with two attached hydrogens (primary N) is 1. The highest BCUT2D eigenvalue weighted by atomic mass is 16.6. The number of nitrogens with zero attached hydrogens (tertiary/aromatic N) is 8. The van der Waals surface area contributed by atoms with E-state index in [0.29, 0.717) is 43.3 Å². The molecule has 4 aromatic rings. The molecule has 12 nitrogen and oxygen atoms in total. The summed E-state index contributed by atoms with van der Waals surface area (Å²) in [6.07, 6.45) is 5.58. The molecule has 3 aliphatic heterocycles. The first-order valence-electron chi connectivity index (χ1n) is 15.0. The predicted octanol–water partition coefficient (Wildman–Crippen LogP) is 3.54. The Morgan fingerprint density at radius 1 is 0.886 bits per heavy atom. The van der Waals surface area contributed by atoms with Crippen molar-refractivity contribution in [1.29, 1.82) is 0 Å². The lowest BCUT2D eigenvalue weighted by molar-refractivity contribution is 0.0942. The topological polar surface area (TPSA) is 137 Å². The van der Waals surface area contributed by atoms with Crippen LogP contribution in [0.4, 0.5) is 27.9 Å². The van der Waals surface area contributed by atoms with Gasteiger partial charge in [-0.2, -0.15) is 0 Å². The third kappa shape index (κ3) is 5.50. The van der Waals surface area contributed by atoms with E-state index in [1.165, 1.54) is 0 Å². The molecule has 0 radical (unpaired) electrons. The normalized spacial score (nSPS) is 19.7. The van der Waals surface area contributed by atoms with Crippen LogP contribution < -0.4 is 20.4 Å². The Morgan fingerprint density at radius 3 is 2.27 bits per heavy atom. The number of benzene rings is 2. The molecule has 44 heavy (non-hydrogen) atoms. The van der Waals surface area contributed by atoms with Gasteiger partial charge in [-0.15, -0.1) is 10.2 Å². The first-order valence-corrected chi connectivity index (χ1v) is 15.0. The Balaban J connectivity index is 0.969. The largest absolute Gasteiger partial charge is 0.507 e. The zero-order valence-electron chi connectivity index (χ0n) is 24.4. The van der Waals surface area contributed by atoms with Gasteiger partial charge < -0.3 is 35.2 Å². The fraction of sp³-hybridized carbons (Fsp3) is 0.344. The van der Waals surface area contributed by atoms with Crippen molar-refractivity contribution in [2.75, 3.05) is 59.7 Å². The number of phenols is 1. The molecule has 7 rings (SSSR count). The number of aromatic nitrogens is 4. The lowest BCUT2D eigenvalue weighted by Gasteiger charge is -2.42. The number of hydrogen-bond donors (Lipinski definition) is 2. The number of anilines is 4. The summed E-state index contributed by atoms with van der Waals surface area (Å²) in [4.78, 5) is 30.7. The van der Waals surface area contributed by atoms with Gasteiger partial charge in [-0.3, -0.25) is 0 Å². The van der Waals surface area contributed by atoms with Gasteiger partial charge in [0.1, 0.15) is 12.4 Å². The van der Waals surface area contributed by atoms with Crippen LogP contribution >= 0.6 is 0 Å². The molecule has 0 saturated carbocycles. The molecule has 2 atom stereocenters. The van der Waals surface area contributed by atoms with Gasteiger partial charge in [0.15, 0.2) is 5.82 Å². The molecule has 226 valence electrons. The number of fused-ring (bicyclic) bond motifs is 2. The zero-order chi connectivity index (χ0) is 30.0. The van der Waals surface area contributed by atoms with Crippen molar-refractivity contribution in [1.82, 2.24) is 25.1 Å². The third-order valence-corrected chi connectivity index (χ3v) is 8.77. The summed E-state index contributed by atoms with van der Waals surface area (Å²) >= 11 is 0. The fourth-order valence-electron chi connectivity index (χ4n) is 6.46. The van der Waals surface area contributed by atoms with Crippen molar-refractivity contribution in [2.45, 2.75) is 31.5 Å². The van der Waals surface area contributed by atoms with Gasteiger partial charge >= 0.3 is 6.09 Å². The molecule has 2 aromatic heterocycles. The van der Waals surface area contributed by atoms with Crippen molar-refractivity contribution in [2.24, 2.45) is 0 Å². The monoisotopic (exact) mass is 593 g/mol. The summed E-state index contributed by atoms with van der Waals surface area (Å²) < 4.78 is 5.50. The zero-order valence-corrected chi connectivity index (χ0v) is 24.4. The second-order valence-electron chi connectivity index (χ2n) is 11.5. The van der Waals surface area contributed by atoms with Crippen molar-refractivity contribution in [3.8, 4) is 17.0 Å². The van der Waals surface area contributed by atoms with Crippen molar-refractivity contribution >= 4 is 29.2 Å². The Bertz CT molecular complexity index is 1600. The first kappa shape index (κ1) is 27.7. The second kappa shape index (κ2) is 11.9. The number of aromatic hydroxyl groups is 1. The number of carbonyl (C=O) groups excluding carboxylic acids is 1. The number of para-hydroxylation sites is 1. The van der Waals surface area contributed by atoms with Crippen LogP contribution in [-0.4, -0.2) is 87.6 Å². The summed E-state index contributed by atoms with van der Waals surface area (Å²) in [6.45, 7) is 4.35. The maximum absolute atomic E-state index is 12.6. The molecule has 3 saturated heterocycles. The molecule has 0 aliphatic carbocycles. The van der Waals surface area contributed by atoms with Crippen LogP contribution in [0.5, 0.6) is 5.75 Å². The number of hydrogen-bond acceptors (Lipinski definition) is 11. The smallest absolute Gasteiger partial charge is 0.410 e. The average Bonchev–Trinajstić information content (AvgIpc) is 3.33. The van der Waals surface area contributed by atoms with Gasteiger partial charge in [0.05, 0.1) is 29.5 Å². The molecule has 0 unspecified atom stereocenters. The maximum Gasteiger partial charge on any atom is 0.410 e. The van der Waals surface area contributed by atoms with Crippen molar-refractivity contribution in [3.05, 3.63) is 78.6 Å². The number of amides is 1. The number of nitrogen functional groups attached to an aromatic ring is 1. The number of piperazine rings is 2. The Labute approximate surface area is 255 Å². The van der Waals surface area contributed by atoms with E-state index < -0.39 is 0 Å². The lowest BCUT2D eigenvalue weighted by Crippen LogP contribution is -2.54.